The lowest BCUT2D eigenvalue weighted by atomic mass is 10.0. The van der Waals surface area contributed by atoms with Gasteiger partial charge in [-0.1, -0.05) is 23.7 Å². The van der Waals surface area contributed by atoms with Crippen LogP contribution in [0.1, 0.15) is 5.56 Å². The fraction of sp³-hybridized carbons (Fsp3) is 0.333. The van der Waals surface area contributed by atoms with Crippen LogP contribution in [0.5, 0.6) is 0 Å². The number of carboxylic acids is 1. The van der Waals surface area contributed by atoms with Crippen LogP contribution in [0, 0.1) is 0 Å². The maximum absolute atomic E-state index is 13.2. The first-order valence-corrected chi connectivity index (χ1v) is 7.24. The van der Waals surface area contributed by atoms with Gasteiger partial charge in [0.2, 0.25) is 5.91 Å². The number of hydrogen-bond donors (Lipinski definition) is 1. The zero-order valence-electron chi connectivity index (χ0n) is 12.2. The smallest absolute Gasteiger partial charge is 0.417 e. The number of carbonyl (C=O) groups is 2. The van der Waals surface area contributed by atoms with Gasteiger partial charge >= 0.3 is 12.1 Å². The Morgan fingerprint density at radius 3 is 2.46 bits per heavy atom. The van der Waals surface area contributed by atoms with Crippen molar-refractivity contribution in [1.82, 2.24) is 4.90 Å². The third kappa shape index (κ3) is 4.48. The zero-order chi connectivity index (χ0) is 17.9. The summed E-state index contributed by atoms with van der Waals surface area (Å²) in [6.45, 7) is -0.347. The van der Waals surface area contributed by atoms with Crippen LogP contribution < -0.4 is 0 Å². The number of amides is 1. The summed E-state index contributed by atoms with van der Waals surface area (Å²) in [5.74, 6) is -2.20. The van der Waals surface area contributed by atoms with Crippen molar-refractivity contribution in [2.45, 2.75) is 12.3 Å². The lowest BCUT2D eigenvalue weighted by Crippen LogP contribution is -2.48. The van der Waals surface area contributed by atoms with Gasteiger partial charge in [-0.15, -0.1) is 0 Å². The van der Waals surface area contributed by atoms with E-state index in [1.165, 1.54) is 12.1 Å². The molecule has 1 N–H and O–H groups in total. The fourth-order valence-corrected chi connectivity index (χ4v) is 2.30. The first-order chi connectivity index (χ1) is 11.2. The molecule has 1 aromatic carbocycles. The number of aliphatic carboxylic acids is 1. The molecule has 0 radical (unpaired) electrons. The van der Waals surface area contributed by atoms with Crippen molar-refractivity contribution < 1.29 is 32.6 Å². The molecule has 2 rings (SSSR count). The molecule has 0 aromatic heterocycles. The maximum atomic E-state index is 13.2. The Morgan fingerprint density at radius 1 is 1.29 bits per heavy atom. The summed E-state index contributed by atoms with van der Waals surface area (Å²) in [5.41, 5.74) is -1.33. The molecule has 0 saturated carbocycles. The minimum Gasteiger partial charge on any atom is -0.479 e. The number of carboxylic acid groups (broad SMARTS) is 1. The second-order valence-electron chi connectivity index (χ2n) is 5.04. The predicted octanol–water partition coefficient (Wildman–Crippen LogP) is 2.60. The highest BCUT2D eigenvalue weighted by molar-refractivity contribution is 6.30. The van der Waals surface area contributed by atoms with Crippen molar-refractivity contribution >= 4 is 29.1 Å². The first kappa shape index (κ1) is 18.3. The van der Waals surface area contributed by atoms with Gasteiger partial charge in [-0.2, -0.15) is 13.2 Å². The standard InChI is InChI=1S/C15H13ClF3NO4/c16-10-3-1-9(2-4-10)11(15(17,18)19)7-13(21)20-5-6-24-12(8-20)14(22)23/h1-4,7,12H,5-6,8H2,(H,22,23). The van der Waals surface area contributed by atoms with Crippen molar-refractivity contribution in [2.24, 2.45) is 0 Å². The number of halogens is 4. The third-order valence-electron chi connectivity index (χ3n) is 3.38. The molecule has 1 aromatic rings. The van der Waals surface area contributed by atoms with Crippen molar-refractivity contribution in [1.29, 1.82) is 0 Å². The molecule has 9 heteroatoms. The van der Waals surface area contributed by atoms with Crippen molar-refractivity contribution in [2.75, 3.05) is 19.7 Å². The maximum Gasteiger partial charge on any atom is 0.417 e. The van der Waals surface area contributed by atoms with Crippen molar-refractivity contribution in [3.05, 3.63) is 40.9 Å². The average Bonchev–Trinajstić information content (AvgIpc) is 2.52. The van der Waals surface area contributed by atoms with Crippen LogP contribution in [-0.4, -0.2) is 53.9 Å². The normalized spacial score (nSPS) is 19.2. The van der Waals surface area contributed by atoms with Gasteiger partial charge in [0, 0.05) is 17.6 Å². The highest BCUT2D eigenvalue weighted by Crippen LogP contribution is 2.34. The Hall–Kier alpha value is -2.06. The highest BCUT2D eigenvalue weighted by atomic mass is 35.5. The Labute approximate surface area is 140 Å². The van der Waals surface area contributed by atoms with Crippen molar-refractivity contribution in [3.63, 3.8) is 0 Å². The molecule has 0 bridgehead atoms. The molecule has 0 spiro atoms. The number of alkyl halides is 3. The fourth-order valence-electron chi connectivity index (χ4n) is 2.17. The van der Waals surface area contributed by atoms with Gasteiger partial charge in [0.15, 0.2) is 6.10 Å². The number of benzene rings is 1. The van der Waals surface area contributed by atoms with E-state index in [-0.39, 0.29) is 30.3 Å². The van der Waals surface area contributed by atoms with Crippen LogP contribution in [0.15, 0.2) is 30.3 Å². The zero-order valence-corrected chi connectivity index (χ0v) is 13.0. The molecule has 1 heterocycles. The minimum absolute atomic E-state index is 0.0187. The van der Waals surface area contributed by atoms with E-state index < -0.39 is 29.7 Å². The van der Waals surface area contributed by atoms with E-state index in [0.717, 1.165) is 17.0 Å². The van der Waals surface area contributed by atoms with Crippen LogP contribution in [0.4, 0.5) is 13.2 Å². The molecular formula is C15H13ClF3NO4. The summed E-state index contributed by atoms with van der Waals surface area (Å²) in [5, 5.41) is 9.15. The number of allylic oxidation sites excluding steroid dienone is 1. The van der Waals surface area contributed by atoms with Gasteiger partial charge in [0.1, 0.15) is 0 Å². The summed E-state index contributed by atoms with van der Waals surface area (Å²) in [7, 11) is 0. The monoisotopic (exact) mass is 363 g/mol. The molecular weight excluding hydrogens is 351 g/mol. The molecule has 24 heavy (non-hydrogen) atoms. The summed E-state index contributed by atoms with van der Waals surface area (Å²) >= 11 is 5.66. The molecule has 1 unspecified atom stereocenters. The Kier molecular flexibility index (Phi) is 5.51. The second-order valence-corrected chi connectivity index (χ2v) is 5.48. The Morgan fingerprint density at radius 2 is 1.92 bits per heavy atom. The van der Waals surface area contributed by atoms with E-state index in [4.69, 9.17) is 21.4 Å². The van der Waals surface area contributed by atoms with Crippen molar-refractivity contribution in [3.8, 4) is 0 Å². The van der Waals surface area contributed by atoms with Gasteiger partial charge in [-0.05, 0) is 17.7 Å². The van der Waals surface area contributed by atoms with Gasteiger partial charge in [-0.25, -0.2) is 4.79 Å². The number of ether oxygens (including phenoxy) is 1. The van der Waals surface area contributed by atoms with Crippen LogP contribution in [0.25, 0.3) is 5.57 Å². The number of carbonyl (C=O) groups excluding carboxylic acids is 1. The number of morpholine rings is 1. The van der Waals surface area contributed by atoms with Crippen LogP contribution in [-0.2, 0) is 14.3 Å². The highest BCUT2D eigenvalue weighted by Gasteiger charge is 2.36. The molecule has 1 atom stereocenters. The van der Waals surface area contributed by atoms with Gasteiger partial charge < -0.3 is 14.7 Å². The molecule has 1 saturated heterocycles. The van der Waals surface area contributed by atoms with Gasteiger partial charge in [-0.3, -0.25) is 4.79 Å². The van der Waals surface area contributed by atoms with E-state index in [1.807, 2.05) is 0 Å². The molecule has 1 amide bonds. The van der Waals surface area contributed by atoms with E-state index in [9.17, 15) is 22.8 Å². The lowest BCUT2D eigenvalue weighted by Gasteiger charge is -2.30. The SMILES string of the molecule is O=C(O)C1CN(C(=O)C=C(c2ccc(Cl)cc2)C(F)(F)F)CCO1. The molecule has 0 aliphatic carbocycles. The van der Waals surface area contributed by atoms with Crippen LogP contribution >= 0.6 is 11.6 Å². The minimum atomic E-state index is -4.75. The molecule has 5 nitrogen and oxygen atoms in total. The Balaban J connectivity index is 2.27. The molecule has 130 valence electrons. The predicted molar refractivity (Wildman–Crippen MR) is 79.4 cm³/mol. The summed E-state index contributed by atoms with van der Waals surface area (Å²) in [4.78, 5) is 24.0. The van der Waals surface area contributed by atoms with Gasteiger partial charge in [0.05, 0.1) is 18.7 Å². The largest absolute Gasteiger partial charge is 0.479 e. The average molecular weight is 364 g/mol. The quantitative estimate of drug-likeness (QED) is 0.838. The van der Waals surface area contributed by atoms with Crippen LogP contribution in [0.3, 0.4) is 0 Å². The number of hydrogen-bond acceptors (Lipinski definition) is 3. The van der Waals surface area contributed by atoms with E-state index in [0.29, 0.717) is 6.08 Å². The second kappa shape index (κ2) is 7.23. The molecule has 1 fully saturated rings. The van der Waals surface area contributed by atoms with E-state index in [1.54, 1.807) is 0 Å². The summed E-state index contributed by atoms with van der Waals surface area (Å²) < 4.78 is 44.7. The number of rotatable bonds is 3. The molecule has 1 aliphatic heterocycles. The summed E-state index contributed by atoms with van der Waals surface area (Å²) in [6, 6.07) is 4.90. The molecule has 1 aliphatic rings. The third-order valence-corrected chi connectivity index (χ3v) is 3.63. The van der Waals surface area contributed by atoms with Gasteiger partial charge in [0.25, 0.3) is 0 Å². The Bertz CT molecular complexity index is 658. The summed E-state index contributed by atoms with van der Waals surface area (Å²) in [6.07, 6.45) is -5.53. The first-order valence-electron chi connectivity index (χ1n) is 6.86. The van der Waals surface area contributed by atoms with Crippen LogP contribution in [0.2, 0.25) is 5.02 Å². The topological polar surface area (TPSA) is 66.8 Å². The number of nitrogens with zero attached hydrogens (tertiary/aromatic N) is 1. The van der Waals surface area contributed by atoms with E-state index >= 15 is 0 Å². The lowest BCUT2D eigenvalue weighted by molar-refractivity contribution is -0.158. The van der Waals surface area contributed by atoms with E-state index in [2.05, 4.69) is 0 Å².